The molecule has 110 valence electrons. The molecule has 7 heteroatoms. The van der Waals surface area contributed by atoms with Gasteiger partial charge in [0, 0.05) is 27.7 Å². The molecule has 1 amide bonds. The number of aryl methyl sites for hydroxylation is 1. The van der Waals surface area contributed by atoms with E-state index >= 15 is 0 Å². The standard InChI is InChI=1S/C15H11BrN4O2/c1-9-11-3-2-10(16)8-12(11)22-14(9)15(21)18-13-4-6-20(19-13)7-5-17/h2-4,6,8H,7H2,1H3,(H,18,19,21). The fourth-order valence-electron chi connectivity index (χ4n) is 2.18. The van der Waals surface area contributed by atoms with Crippen molar-refractivity contribution in [2.24, 2.45) is 0 Å². The second-order valence-electron chi connectivity index (χ2n) is 4.71. The molecule has 0 fully saturated rings. The van der Waals surface area contributed by atoms with Gasteiger partial charge < -0.3 is 9.73 Å². The maximum absolute atomic E-state index is 12.3. The van der Waals surface area contributed by atoms with Gasteiger partial charge in [0.25, 0.3) is 5.91 Å². The molecule has 0 aliphatic carbocycles. The second-order valence-corrected chi connectivity index (χ2v) is 5.62. The fourth-order valence-corrected chi connectivity index (χ4v) is 2.52. The number of rotatable bonds is 3. The molecule has 3 rings (SSSR count). The molecule has 1 N–H and O–H groups in total. The zero-order chi connectivity index (χ0) is 15.7. The first-order chi connectivity index (χ1) is 10.6. The summed E-state index contributed by atoms with van der Waals surface area (Å²) in [5.74, 6) is 0.260. The Balaban J connectivity index is 1.88. The maximum Gasteiger partial charge on any atom is 0.292 e. The second kappa shape index (κ2) is 5.66. The number of amides is 1. The predicted octanol–water partition coefficient (Wildman–Crippen LogP) is 3.48. The third-order valence-corrected chi connectivity index (χ3v) is 3.71. The number of carbonyl (C=O) groups is 1. The Morgan fingerprint density at radius 3 is 3.09 bits per heavy atom. The van der Waals surface area contributed by atoms with Crippen LogP contribution < -0.4 is 5.32 Å². The number of nitrogens with one attached hydrogen (secondary N) is 1. The summed E-state index contributed by atoms with van der Waals surface area (Å²) in [6.45, 7) is 1.97. The Morgan fingerprint density at radius 2 is 2.32 bits per heavy atom. The number of fused-ring (bicyclic) bond motifs is 1. The number of aromatic nitrogens is 2. The SMILES string of the molecule is Cc1c(C(=O)Nc2ccn(CC#N)n2)oc2cc(Br)ccc12. The van der Waals surface area contributed by atoms with Gasteiger partial charge in [-0.15, -0.1) is 0 Å². The van der Waals surface area contributed by atoms with E-state index in [9.17, 15) is 4.79 Å². The van der Waals surface area contributed by atoms with Gasteiger partial charge in [0.15, 0.2) is 11.6 Å². The Labute approximate surface area is 134 Å². The summed E-state index contributed by atoms with van der Waals surface area (Å²) in [6, 6.07) is 9.23. The van der Waals surface area contributed by atoms with Gasteiger partial charge in [0.05, 0.1) is 6.07 Å². The molecule has 0 aliphatic heterocycles. The number of halogens is 1. The van der Waals surface area contributed by atoms with Gasteiger partial charge in [-0.05, 0) is 25.1 Å². The van der Waals surface area contributed by atoms with E-state index in [1.54, 1.807) is 12.3 Å². The minimum absolute atomic E-state index is 0.133. The lowest BCUT2D eigenvalue weighted by Crippen LogP contribution is -2.13. The topological polar surface area (TPSA) is 83.9 Å². The van der Waals surface area contributed by atoms with E-state index in [0.717, 1.165) is 15.4 Å². The number of hydrogen-bond acceptors (Lipinski definition) is 4. The van der Waals surface area contributed by atoms with Gasteiger partial charge in [0.2, 0.25) is 0 Å². The highest BCUT2D eigenvalue weighted by molar-refractivity contribution is 9.10. The zero-order valence-electron chi connectivity index (χ0n) is 11.6. The Morgan fingerprint density at radius 1 is 1.50 bits per heavy atom. The van der Waals surface area contributed by atoms with E-state index in [1.807, 2.05) is 31.2 Å². The summed E-state index contributed by atoms with van der Waals surface area (Å²) >= 11 is 3.37. The van der Waals surface area contributed by atoms with Gasteiger partial charge in [0.1, 0.15) is 12.1 Å². The molecule has 0 saturated heterocycles. The predicted molar refractivity (Wildman–Crippen MR) is 84.4 cm³/mol. The monoisotopic (exact) mass is 358 g/mol. The first-order valence-corrected chi connectivity index (χ1v) is 7.28. The highest BCUT2D eigenvalue weighted by Gasteiger charge is 2.18. The molecule has 0 atom stereocenters. The quantitative estimate of drug-likeness (QED) is 0.776. The Hall–Kier alpha value is -2.59. The van der Waals surface area contributed by atoms with Gasteiger partial charge in [-0.3, -0.25) is 9.48 Å². The number of anilines is 1. The van der Waals surface area contributed by atoms with Crippen molar-refractivity contribution in [3.8, 4) is 6.07 Å². The van der Waals surface area contributed by atoms with Crippen LogP contribution in [0.15, 0.2) is 39.4 Å². The molecule has 0 spiro atoms. The average Bonchev–Trinajstić information content (AvgIpc) is 3.04. The first-order valence-electron chi connectivity index (χ1n) is 6.49. The van der Waals surface area contributed by atoms with E-state index in [4.69, 9.17) is 9.68 Å². The normalized spacial score (nSPS) is 10.6. The number of carbonyl (C=O) groups excluding carboxylic acids is 1. The van der Waals surface area contributed by atoms with Crippen molar-refractivity contribution >= 4 is 38.6 Å². The van der Waals surface area contributed by atoms with Gasteiger partial charge >= 0.3 is 0 Å². The highest BCUT2D eigenvalue weighted by atomic mass is 79.9. The molecule has 0 aliphatic rings. The lowest BCUT2D eigenvalue weighted by atomic mass is 10.1. The summed E-state index contributed by atoms with van der Waals surface area (Å²) in [4.78, 5) is 12.3. The van der Waals surface area contributed by atoms with E-state index in [-0.39, 0.29) is 18.2 Å². The number of furan rings is 1. The minimum atomic E-state index is -0.368. The Kier molecular flexibility index (Phi) is 3.69. The number of nitrogens with zero attached hydrogens (tertiary/aromatic N) is 3. The van der Waals surface area contributed by atoms with E-state index in [2.05, 4.69) is 26.3 Å². The molecule has 0 unspecified atom stereocenters. The molecule has 1 aromatic carbocycles. The molecule has 22 heavy (non-hydrogen) atoms. The zero-order valence-corrected chi connectivity index (χ0v) is 13.2. The summed E-state index contributed by atoms with van der Waals surface area (Å²) in [5.41, 5.74) is 1.42. The van der Waals surface area contributed by atoms with Crippen LogP contribution in [0.2, 0.25) is 0 Å². The molecule has 0 radical (unpaired) electrons. The lowest BCUT2D eigenvalue weighted by Gasteiger charge is -1.99. The van der Waals surface area contributed by atoms with Crippen LogP contribution >= 0.6 is 15.9 Å². The molecule has 0 bridgehead atoms. The van der Waals surface area contributed by atoms with Crippen LogP contribution in [0.3, 0.4) is 0 Å². The average molecular weight is 359 g/mol. The smallest absolute Gasteiger partial charge is 0.292 e. The number of benzene rings is 1. The van der Waals surface area contributed by atoms with Crippen molar-refractivity contribution in [3.05, 3.63) is 46.3 Å². The summed E-state index contributed by atoms with van der Waals surface area (Å²) in [5, 5.41) is 16.2. The van der Waals surface area contributed by atoms with E-state index < -0.39 is 0 Å². The van der Waals surface area contributed by atoms with Crippen LogP contribution in [0.25, 0.3) is 11.0 Å². The highest BCUT2D eigenvalue weighted by Crippen LogP contribution is 2.28. The van der Waals surface area contributed by atoms with Gasteiger partial charge in [-0.25, -0.2) is 0 Å². The summed E-state index contributed by atoms with van der Waals surface area (Å²) in [6.07, 6.45) is 1.63. The summed E-state index contributed by atoms with van der Waals surface area (Å²) in [7, 11) is 0. The Bertz CT molecular complexity index is 904. The van der Waals surface area contributed by atoms with Crippen molar-refractivity contribution < 1.29 is 9.21 Å². The van der Waals surface area contributed by atoms with Crippen molar-refractivity contribution in [2.45, 2.75) is 13.5 Å². The van der Waals surface area contributed by atoms with Crippen LogP contribution in [0, 0.1) is 18.3 Å². The van der Waals surface area contributed by atoms with Crippen LogP contribution in [-0.2, 0) is 6.54 Å². The molecule has 6 nitrogen and oxygen atoms in total. The van der Waals surface area contributed by atoms with Crippen molar-refractivity contribution in [2.75, 3.05) is 5.32 Å². The molecular weight excluding hydrogens is 348 g/mol. The van der Waals surface area contributed by atoms with Crippen LogP contribution in [-0.4, -0.2) is 15.7 Å². The molecule has 2 heterocycles. The molecular formula is C15H11BrN4O2. The third-order valence-electron chi connectivity index (χ3n) is 3.22. The summed E-state index contributed by atoms with van der Waals surface area (Å²) < 4.78 is 7.97. The van der Waals surface area contributed by atoms with Crippen LogP contribution in [0.5, 0.6) is 0 Å². The number of hydrogen-bond donors (Lipinski definition) is 1. The van der Waals surface area contributed by atoms with E-state index in [0.29, 0.717) is 11.4 Å². The van der Waals surface area contributed by atoms with Crippen molar-refractivity contribution in [1.82, 2.24) is 9.78 Å². The third kappa shape index (κ3) is 2.61. The largest absolute Gasteiger partial charge is 0.451 e. The van der Waals surface area contributed by atoms with E-state index in [1.165, 1.54) is 4.68 Å². The molecule has 3 aromatic rings. The molecule has 0 saturated carbocycles. The lowest BCUT2D eigenvalue weighted by molar-refractivity contribution is 0.0997. The minimum Gasteiger partial charge on any atom is -0.451 e. The maximum atomic E-state index is 12.3. The fraction of sp³-hybridized carbons (Fsp3) is 0.133. The molecule has 2 aromatic heterocycles. The van der Waals surface area contributed by atoms with Gasteiger partial charge in [-0.1, -0.05) is 15.9 Å². The van der Waals surface area contributed by atoms with Crippen molar-refractivity contribution in [3.63, 3.8) is 0 Å². The van der Waals surface area contributed by atoms with Crippen molar-refractivity contribution in [1.29, 1.82) is 5.26 Å². The van der Waals surface area contributed by atoms with Gasteiger partial charge in [-0.2, -0.15) is 10.4 Å². The van der Waals surface area contributed by atoms with Crippen LogP contribution in [0.1, 0.15) is 16.1 Å². The first kappa shape index (κ1) is 14.4. The number of nitriles is 1. The van der Waals surface area contributed by atoms with Crippen LogP contribution in [0.4, 0.5) is 5.82 Å².